The number of benzene rings is 3. The minimum absolute atomic E-state index is 0.146. The second kappa shape index (κ2) is 9.35. The molecular weight excluding hydrogens is 444 g/mol. The van der Waals surface area contributed by atoms with Crippen LogP contribution in [0.4, 0.5) is 5.69 Å². The Morgan fingerprint density at radius 2 is 1.63 bits per heavy atom. The molecule has 0 spiro atoms. The molecule has 0 saturated heterocycles. The van der Waals surface area contributed by atoms with Crippen molar-refractivity contribution in [1.82, 2.24) is 4.90 Å². The van der Waals surface area contributed by atoms with Crippen molar-refractivity contribution in [2.24, 2.45) is 0 Å². The van der Waals surface area contributed by atoms with Crippen LogP contribution in [0.2, 0.25) is 0 Å². The van der Waals surface area contributed by atoms with Crippen molar-refractivity contribution < 1.29 is 23.9 Å². The molecule has 0 radical (unpaired) electrons. The first-order chi connectivity index (χ1) is 17.0. The number of carbonyl (C=O) groups is 3. The summed E-state index contributed by atoms with van der Waals surface area (Å²) >= 11 is 0. The Hall–Kier alpha value is -3.97. The Labute approximate surface area is 203 Å². The average molecular weight is 471 g/mol. The molecule has 1 N–H and O–H groups in total. The molecule has 0 aliphatic heterocycles. The normalized spacial score (nSPS) is 14.4. The third-order valence-electron chi connectivity index (χ3n) is 6.50. The molecule has 3 aromatic rings. The Balaban J connectivity index is 1.37. The van der Waals surface area contributed by atoms with Gasteiger partial charge in [-0.25, -0.2) is 0 Å². The monoisotopic (exact) mass is 470 g/mol. The van der Waals surface area contributed by atoms with E-state index in [-0.39, 0.29) is 29.6 Å². The van der Waals surface area contributed by atoms with Crippen LogP contribution in [0, 0.1) is 0 Å². The van der Waals surface area contributed by atoms with Crippen LogP contribution in [0.3, 0.4) is 0 Å². The average Bonchev–Trinajstić information content (AvgIpc) is 3.72. The van der Waals surface area contributed by atoms with Gasteiger partial charge in [0.1, 0.15) is 11.5 Å². The molecule has 1 fully saturated rings. The van der Waals surface area contributed by atoms with Crippen LogP contribution in [-0.4, -0.2) is 49.2 Å². The van der Waals surface area contributed by atoms with Gasteiger partial charge in [0.25, 0.3) is 0 Å². The summed E-state index contributed by atoms with van der Waals surface area (Å²) in [6.45, 7) is 0.670. The summed E-state index contributed by atoms with van der Waals surface area (Å²) in [4.78, 5) is 41.5. The van der Waals surface area contributed by atoms with Gasteiger partial charge in [-0.15, -0.1) is 0 Å². The van der Waals surface area contributed by atoms with Gasteiger partial charge in [0, 0.05) is 34.8 Å². The number of amides is 1. The van der Waals surface area contributed by atoms with E-state index >= 15 is 0 Å². The first kappa shape index (κ1) is 22.8. The van der Waals surface area contributed by atoms with E-state index in [9.17, 15) is 14.4 Å². The highest BCUT2D eigenvalue weighted by atomic mass is 16.5. The summed E-state index contributed by atoms with van der Waals surface area (Å²) in [5.41, 5.74) is 2.59. The van der Waals surface area contributed by atoms with Gasteiger partial charge < -0.3 is 14.8 Å². The number of ether oxygens (including phenoxy) is 2. The first-order valence-corrected chi connectivity index (χ1v) is 11.6. The van der Waals surface area contributed by atoms with E-state index in [1.807, 2.05) is 18.2 Å². The lowest BCUT2D eigenvalue weighted by Gasteiger charge is -2.24. The molecule has 7 nitrogen and oxygen atoms in total. The maximum atomic E-state index is 13.2. The van der Waals surface area contributed by atoms with Crippen molar-refractivity contribution in [3.63, 3.8) is 0 Å². The molecule has 0 heterocycles. The highest BCUT2D eigenvalue weighted by molar-refractivity contribution is 6.30. The van der Waals surface area contributed by atoms with Gasteiger partial charge in [-0.3, -0.25) is 19.3 Å². The van der Waals surface area contributed by atoms with Crippen molar-refractivity contribution in [1.29, 1.82) is 0 Å². The summed E-state index contributed by atoms with van der Waals surface area (Å²) in [6, 6.07) is 17.7. The molecule has 0 aromatic heterocycles. The summed E-state index contributed by atoms with van der Waals surface area (Å²) in [5.74, 6) is 0.741. The van der Waals surface area contributed by atoms with E-state index in [1.165, 1.54) is 0 Å². The predicted molar refractivity (Wildman–Crippen MR) is 131 cm³/mol. The van der Waals surface area contributed by atoms with Gasteiger partial charge >= 0.3 is 0 Å². The lowest BCUT2D eigenvalue weighted by atomic mass is 9.83. The van der Waals surface area contributed by atoms with Gasteiger partial charge in [0.05, 0.1) is 32.0 Å². The second-order valence-electron chi connectivity index (χ2n) is 8.79. The number of anilines is 1. The number of nitrogens with one attached hydrogen (secondary N) is 1. The summed E-state index contributed by atoms with van der Waals surface area (Å²) in [5, 5.41) is 2.89. The minimum atomic E-state index is -0.258. The van der Waals surface area contributed by atoms with Crippen LogP contribution >= 0.6 is 0 Å². The molecule has 2 aliphatic carbocycles. The van der Waals surface area contributed by atoms with Gasteiger partial charge in [-0.05, 0) is 37.1 Å². The van der Waals surface area contributed by atoms with Crippen LogP contribution in [-0.2, 0) is 11.3 Å². The van der Waals surface area contributed by atoms with E-state index in [0.29, 0.717) is 35.0 Å². The van der Waals surface area contributed by atoms with Crippen molar-refractivity contribution in [3.05, 3.63) is 88.5 Å². The van der Waals surface area contributed by atoms with E-state index < -0.39 is 0 Å². The molecule has 5 rings (SSSR count). The summed E-state index contributed by atoms with van der Waals surface area (Å²) in [7, 11) is 3.23. The number of fused-ring (bicyclic) bond motifs is 2. The molecule has 1 saturated carbocycles. The number of ketones is 2. The van der Waals surface area contributed by atoms with Crippen molar-refractivity contribution in [2.75, 3.05) is 26.1 Å². The second-order valence-corrected chi connectivity index (χ2v) is 8.79. The number of carbonyl (C=O) groups excluding carboxylic acids is 3. The third-order valence-corrected chi connectivity index (χ3v) is 6.50. The molecule has 1 amide bonds. The van der Waals surface area contributed by atoms with Crippen molar-refractivity contribution >= 4 is 23.2 Å². The molecular formula is C28H26N2O5. The van der Waals surface area contributed by atoms with E-state index in [2.05, 4.69) is 10.2 Å². The fraction of sp³-hybridized carbons (Fsp3) is 0.250. The van der Waals surface area contributed by atoms with Gasteiger partial charge in [-0.1, -0.05) is 36.4 Å². The largest absolute Gasteiger partial charge is 0.497 e. The zero-order chi connectivity index (χ0) is 24.5. The van der Waals surface area contributed by atoms with E-state index in [1.54, 1.807) is 56.7 Å². The Bertz CT molecular complexity index is 1330. The smallest absolute Gasteiger partial charge is 0.238 e. The number of hydrogen-bond donors (Lipinski definition) is 1. The van der Waals surface area contributed by atoms with Gasteiger partial charge in [0.2, 0.25) is 5.91 Å². The topological polar surface area (TPSA) is 84.9 Å². The van der Waals surface area contributed by atoms with Crippen molar-refractivity contribution in [2.45, 2.75) is 25.4 Å². The maximum absolute atomic E-state index is 13.2. The Morgan fingerprint density at radius 1 is 0.914 bits per heavy atom. The number of nitrogens with zero attached hydrogens (tertiary/aromatic N) is 1. The molecule has 0 unspecified atom stereocenters. The summed E-state index contributed by atoms with van der Waals surface area (Å²) < 4.78 is 10.9. The van der Waals surface area contributed by atoms with Crippen LogP contribution in [0.25, 0.3) is 0 Å². The quantitative estimate of drug-likeness (QED) is 0.418. The SMILES string of the molecule is COc1ccc(OC)c(CN(CC(=O)Nc2cccc3c2C(=O)c2ccccc2C3=O)C2CC2)c1. The van der Waals surface area contributed by atoms with Gasteiger partial charge in [0.15, 0.2) is 11.6 Å². The Morgan fingerprint density at radius 3 is 2.31 bits per heavy atom. The highest BCUT2D eigenvalue weighted by Gasteiger charge is 2.33. The fourth-order valence-corrected chi connectivity index (χ4v) is 4.60. The maximum Gasteiger partial charge on any atom is 0.238 e. The van der Waals surface area contributed by atoms with Crippen LogP contribution in [0.5, 0.6) is 11.5 Å². The third kappa shape index (κ3) is 4.42. The first-order valence-electron chi connectivity index (χ1n) is 11.6. The molecule has 3 aromatic carbocycles. The number of hydrogen-bond acceptors (Lipinski definition) is 6. The highest BCUT2D eigenvalue weighted by Crippen LogP contribution is 2.34. The molecule has 178 valence electrons. The molecule has 2 aliphatic rings. The zero-order valence-electron chi connectivity index (χ0n) is 19.7. The van der Waals surface area contributed by atoms with Gasteiger partial charge in [-0.2, -0.15) is 0 Å². The van der Waals surface area contributed by atoms with E-state index in [4.69, 9.17) is 9.47 Å². The molecule has 0 atom stereocenters. The predicted octanol–water partition coefficient (Wildman–Crippen LogP) is 4.08. The number of rotatable bonds is 8. The summed E-state index contributed by atoms with van der Waals surface area (Å²) in [6.07, 6.45) is 2.04. The van der Waals surface area contributed by atoms with Crippen LogP contribution in [0.1, 0.15) is 50.2 Å². The molecule has 7 heteroatoms. The zero-order valence-corrected chi connectivity index (χ0v) is 19.7. The lowest BCUT2D eigenvalue weighted by molar-refractivity contribution is -0.117. The standard InChI is InChI=1S/C28H26N2O5/c1-34-19-12-13-24(35-2)17(14-19)15-30(18-10-11-18)16-25(31)29-23-9-5-8-22-26(23)28(33)21-7-4-3-6-20(21)27(22)32/h3-9,12-14,18H,10-11,15-16H2,1-2H3,(H,29,31). The fourth-order valence-electron chi connectivity index (χ4n) is 4.60. The van der Waals surface area contributed by atoms with Crippen LogP contribution in [0.15, 0.2) is 60.7 Å². The Kier molecular flexibility index (Phi) is 6.09. The lowest BCUT2D eigenvalue weighted by Crippen LogP contribution is -2.35. The minimum Gasteiger partial charge on any atom is -0.497 e. The van der Waals surface area contributed by atoms with Crippen LogP contribution < -0.4 is 14.8 Å². The van der Waals surface area contributed by atoms with Crippen molar-refractivity contribution in [3.8, 4) is 11.5 Å². The number of methoxy groups -OCH3 is 2. The molecule has 35 heavy (non-hydrogen) atoms. The molecule has 0 bridgehead atoms. The van der Waals surface area contributed by atoms with E-state index in [0.717, 1.165) is 29.9 Å².